The summed E-state index contributed by atoms with van der Waals surface area (Å²) < 4.78 is 5.31. The molecule has 19 heavy (non-hydrogen) atoms. The summed E-state index contributed by atoms with van der Waals surface area (Å²) in [4.78, 5) is 18.0. The number of anilines is 1. The van der Waals surface area contributed by atoms with Crippen LogP contribution in [0.1, 0.15) is 6.92 Å². The molecule has 6 nitrogen and oxygen atoms in total. The molecule has 1 aliphatic heterocycles. The number of carbonyl (C=O) groups excluding carboxylic acids is 1. The number of ether oxygens (including phenoxy) is 1. The van der Waals surface area contributed by atoms with E-state index in [0.29, 0.717) is 18.3 Å². The van der Waals surface area contributed by atoms with Gasteiger partial charge in [0.25, 0.3) is 0 Å². The first-order valence-corrected chi connectivity index (χ1v) is 6.52. The highest BCUT2D eigenvalue weighted by molar-refractivity contribution is 5.88. The van der Waals surface area contributed by atoms with Gasteiger partial charge in [-0.25, -0.2) is 4.79 Å². The van der Waals surface area contributed by atoms with Gasteiger partial charge in [-0.3, -0.25) is 9.88 Å². The quantitative estimate of drug-likeness (QED) is 0.849. The zero-order valence-electron chi connectivity index (χ0n) is 11.1. The Kier molecular flexibility index (Phi) is 5.11. The normalized spacial score (nSPS) is 17.7. The van der Waals surface area contributed by atoms with Crippen molar-refractivity contribution in [2.75, 3.05) is 38.2 Å². The number of carbonyl (C=O) groups is 1. The van der Waals surface area contributed by atoms with Gasteiger partial charge >= 0.3 is 6.03 Å². The molecule has 2 heterocycles. The number of hydrogen-bond donors (Lipinski definition) is 2. The highest BCUT2D eigenvalue weighted by Gasteiger charge is 2.17. The van der Waals surface area contributed by atoms with Crippen LogP contribution in [0, 0.1) is 0 Å². The first-order chi connectivity index (χ1) is 9.25. The maximum atomic E-state index is 11.7. The van der Waals surface area contributed by atoms with Crippen LogP contribution in [0.25, 0.3) is 0 Å². The third kappa shape index (κ3) is 4.50. The Morgan fingerprint density at radius 3 is 3.00 bits per heavy atom. The Labute approximate surface area is 113 Å². The van der Waals surface area contributed by atoms with Crippen molar-refractivity contribution >= 4 is 11.7 Å². The van der Waals surface area contributed by atoms with Crippen LogP contribution in [-0.2, 0) is 4.74 Å². The highest BCUT2D eigenvalue weighted by Crippen LogP contribution is 2.04. The van der Waals surface area contributed by atoms with Crippen LogP contribution in [0.5, 0.6) is 0 Å². The molecule has 0 unspecified atom stereocenters. The number of urea groups is 1. The van der Waals surface area contributed by atoms with Crippen LogP contribution in [0.3, 0.4) is 0 Å². The van der Waals surface area contributed by atoms with Gasteiger partial charge < -0.3 is 15.4 Å². The van der Waals surface area contributed by atoms with Crippen LogP contribution in [0.4, 0.5) is 10.5 Å². The summed E-state index contributed by atoms with van der Waals surface area (Å²) in [7, 11) is 0. The molecule has 2 rings (SSSR count). The van der Waals surface area contributed by atoms with Crippen LogP contribution in [0.2, 0.25) is 0 Å². The molecule has 2 N–H and O–H groups in total. The summed E-state index contributed by atoms with van der Waals surface area (Å²) in [6.45, 7) is 6.11. The van der Waals surface area contributed by atoms with Crippen molar-refractivity contribution in [3.8, 4) is 0 Å². The number of rotatable bonds is 4. The summed E-state index contributed by atoms with van der Waals surface area (Å²) in [5.74, 6) is 0. The van der Waals surface area contributed by atoms with E-state index in [1.54, 1.807) is 24.5 Å². The van der Waals surface area contributed by atoms with Crippen LogP contribution < -0.4 is 10.6 Å². The van der Waals surface area contributed by atoms with Gasteiger partial charge in [0.1, 0.15) is 0 Å². The standard InChI is InChI=1S/C13H20N4O2/c1-11(17-5-7-19-8-6-17)9-15-13(18)16-12-3-2-4-14-10-12/h2-4,10-11H,5-9H2,1H3,(H2,15,16,18)/t11-/m1/s1. The van der Waals surface area contributed by atoms with Gasteiger partial charge in [-0.2, -0.15) is 0 Å². The van der Waals surface area contributed by atoms with E-state index in [9.17, 15) is 4.79 Å². The molecule has 1 aliphatic rings. The van der Waals surface area contributed by atoms with Crippen molar-refractivity contribution in [3.05, 3.63) is 24.5 Å². The highest BCUT2D eigenvalue weighted by atomic mass is 16.5. The lowest BCUT2D eigenvalue weighted by molar-refractivity contribution is 0.0209. The molecule has 1 atom stereocenters. The van der Waals surface area contributed by atoms with Crippen LogP contribution >= 0.6 is 0 Å². The number of morpholine rings is 1. The van der Waals surface area contributed by atoms with E-state index in [0.717, 1.165) is 26.3 Å². The topological polar surface area (TPSA) is 66.5 Å². The van der Waals surface area contributed by atoms with Crippen LogP contribution in [-0.4, -0.2) is 54.8 Å². The molecule has 0 saturated carbocycles. The predicted molar refractivity (Wildman–Crippen MR) is 73.1 cm³/mol. The van der Waals surface area contributed by atoms with E-state index >= 15 is 0 Å². The Morgan fingerprint density at radius 2 is 2.32 bits per heavy atom. The molecule has 2 amide bonds. The molecule has 1 saturated heterocycles. The number of aromatic nitrogens is 1. The molecule has 1 fully saturated rings. The lowest BCUT2D eigenvalue weighted by Gasteiger charge is -2.32. The van der Waals surface area contributed by atoms with E-state index in [4.69, 9.17) is 4.74 Å². The van der Waals surface area contributed by atoms with Gasteiger partial charge in [0.15, 0.2) is 0 Å². The number of pyridine rings is 1. The maximum Gasteiger partial charge on any atom is 0.319 e. The molecular formula is C13H20N4O2. The minimum absolute atomic E-state index is 0.201. The van der Waals surface area contributed by atoms with E-state index in [1.807, 2.05) is 0 Å². The van der Waals surface area contributed by atoms with E-state index in [-0.39, 0.29) is 6.03 Å². The third-order valence-electron chi connectivity index (χ3n) is 3.15. The summed E-state index contributed by atoms with van der Waals surface area (Å²) in [6.07, 6.45) is 3.29. The number of nitrogens with zero attached hydrogens (tertiary/aromatic N) is 2. The molecule has 0 bridgehead atoms. The number of nitrogens with one attached hydrogen (secondary N) is 2. The van der Waals surface area contributed by atoms with Gasteiger partial charge in [0.2, 0.25) is 0 Å². The minimum atomic E-state index is -0.201. The van der Waals surface area contributed by atoms with Gasteiger partial charge in [-0.05, 0) is 19.1 Å². The van der Waals surface area contributed by atoms with Crippen molar-refractivity contribution in [3.63, 3.8) is 0 Å². The zero-order valence-corrected chi connectivity index (χ0v) is 11.1. The summed E-state index contributed by atoms with van der Waals surface area (Å²) in [5, 5.41) is 5.61. The average Bonchev–Trinajstić information content (AvgIpc) is 2.47. The monoisotopic (exact) mass is 264 g/mol. The zero-order chi connectivity index (χ0) is 13.5. The maximum absolute atomic E-state index is 11.7. The molecule has 0 aromatic carbocycles. The first kappa shape index (κ1) is 13.8. The Bertz CT molecular complexity index is 393. The van der Waals surface area contributed by atoms with Crippen molar-refractivity contribution in [1.82, 2.24) is 15.2 Å². The number of hydrogen-bond acceptors (Lipinski definition) is 4. The van der Waals surface area contributed by atoms with Crippen molar-refractivity contribution in [2.45, 2.75) is 13.0 Å². The van der Waals surface area contributed by atoms with Crippen molar-refractivity contribution in [1.29, 1.82) is 0 Å². The Morgan fingerprint density at radius 1 is 1.53 bits per heavy atom. The Balaban J connectivity index is 1.71. The molecule has 1 aromatic heterocycles. The lowest BCUT2D eigenvalue weighted by Crippen LogP contribution is -2.47. The fourth-order valence-electron chi connectivity index (χ4n) is 2.00. The second-order valence-electron chi connectivity index (χ2n) is 4.57. The average molecular weight is 264 g/mol. The van der Waals surface area contributed by atoms with Crippen molar-refractivity contribution in [2.24, 2.45) is 0 Å². The fourth-order valence-corrected chi connectivity index (χ4v) is 2.00. The fraction of sp³-hybridized carbons (Fsp3) is 0.538. The molecule has 0 radical (unpaired) electrons. The molecule has 6 heteroatoms. The summed E-state index contributed by atoms with van der Waals surface area (Å²) in [5.41, 5.74) is 0.694. The van der Waals surface area contributed by atoms with Gasteiger partial charge in [-0.1, -0.05) is 0 Å². The van der Waals surface area contributed by atoms with Crippen molar-refractivity contribution < 1.29 is 9.53 Å². The SMILES string of the molecule is C[C@H](CNC(=O)Nc1cccnc1)N1CCOCC1. The van der Waals surface area contributed by atoms with E-state index in [2.05, 4.69) is 27.4 Å². The molecule has 104 valence electrons. The second kappa shape index (κ2) is 7.06. The summed E-state index contributed by atoms with van der Waals surface area (Å²) >= 11 is 0. The number of amides is 2. The van der Waals surface area contributed by atoms with Gasteiger partial charge in [0, 0.05) is 31.9 Å². The third-order valence-corrected chi connectivity index (χ3v) is 3.15. The largest absolute Gasteiger partial charge is 0.379 e. The molecular weight excluding hydrogens is 244 g/mol. The molecule has 1 aromatic rings. The van der Waals surface area contributed by atoms with Crippen LogP contribution in [0.15, 0.2) is 24.5 Å². The van der Waals surface area contributed by atoms with E-state index in [1.165, 1.54) is 0 Å². The smallest absolute Gasteiger partial charge is 0.319 e. The van der Waals surface area contributed by atoms with Gasteiger partial charge in [0.05, 0.1) is 25.1 Å². The summed E-state index contributed by atoms with van der Waals surface area (Å²) in [6, 6.07) is 3.70. The second-order valence-corrected chi connectivity index (χ2v) is 4.57. The Hall–Kier alpha value is -1.66. The molecule has 0 spiro atoms. The lowest BCUT2D eigenvalue weighted by atomic mass is 10.2. The van der Waals surface area contributed by atoms with E-state index < -0.39 is 0 Å². The predicted octanol–water partition coefficient (Wildman–Crippen LogP) is 0.924. The van der Waals surface area contributed by atoms with Gasteiger partial charge in [-0.15, -0.1) is 0 Å². The first-order valence-electron chi connectivity index (χ1n) is 6.52. The molecule has 0 aliphatic carbocycles. The minimum Gasteiger partial charge on any atom is -0.379 e.